The van der Waals surface area contributed by atoms with Crippen LogP contribution in [-0.2, 0) is 4.65 Å². The van der Waals surface area contributed by atoms with E-state index in [9.17, 15) is 0 Å². The van der Waals surface area contributed by atoms with E-state index >= 15 is 0 Å². The van der Waals surface area contributed by atoms with Gasteiger partial charge in [-0.25, -0.2) is 0 Å². The summed E-state index contributed by atoms with van der Waals surface area (Å²) in [5.41, 5.74) is 0. The van der Waals surface area contributed by atoms with Crippen LogP contribution >= 0.6 is 0 Å². The first-order valence-corrected chi connectivity index (χ1v) is 5.11. The number of rotatable bonds is 4. The molecule has 0 bridgehead atoms. The lowest BCUT2D eigenvalue weighted by Crippen LogP contribution is -2.37. The SMILES string of the molecule is CCCCB1N[C@@H](C(C)C)CO1. The van der Waals surface area contributed by atoms with E-state index in [0.29, 0.717) is 19.0 Å². The van der Waals surface area contributed by atoms with Gasteiger partial charge in [-0.3, -0.25) is 0 Å². The molecule has 2 nitrogen and oxygen atoms in total. The minimum atomic E-state index is 0.331. The fourth-order valence-electron chi connectivity index (χ4n) is 1.50. The van der Waals surface area contributed by atoms with E-state index in [1.165, 1.54) is 19.2 Å². The minimum Gasteiger partial charge on any atom is -0.420 e. The van der Waals surface area contributed by atoms with Gasteiger partial charge in [0.15, 0.2) is 0 Å². The molecule has 0 aromatic rings. The van der Waals surface area contributed by atoms with Crippen molar-refractivity contribution in [2.75, 3.05) is 6.61 Å². The maximum absolute atomic E-state index is 5.62. The van der Waals surface area contributed by atoms with Crippen LogP contribution in [0, 0.1) is 5.92 Å². The van der Waals surface area contributed by atoms with Crippen molar-refractivity contribution in [3.63, 3.8) is 0 Å². The number of unbranched alkanes of at least 4 members (excludes halogenated alkanes) is 1. The molecule has 1 atom stereocenters. The lowest BCUT2D eigenvalue weighted by molar-refractivity contribution is 0.308. The summed E-state index contributed by atoms with van der Waals surface area (Å²) in [4.78, 5) is 0. The maximum Gasteiger partial charge on any atom is 0.379 e. The molecule has 0 saturated carbocycles. The Balaban J connectivity index is 2.17. The fraction of sp³-hybridized carbons (Fsp3) is 1.00. The highest BCUT2D eigenvalue weighted by Gasteiger charge is 2.29. The first-order chi connectivity index (χ1) is 5.74. The van der Waals surface area contributed by atoms with E-state index in [1.807, 2.05) is 0 Å². The van der Waals surface area contributed by atoms with E-state index < -0.39 is 0 Å². The zero-order valence-electron chi connectivity index (χ0n) is 8.47. The van der Waals surface area contributed by atoms with Crippen LogP contribution in [0.1, 0.15) is 33.6 Å². The van der Waals surface area contributed by atoms with Crippen molar-refractivity contribution < 1.29 is 4.65 Å². The van der Waals surface area contributed by atoms with Gasteiger partial charge in [0.25, 0.3) is 0 Å². The molecule has 0 spiro atoms. The molecule has 0 amide bonds. The monoisotopic (exact) mass is 169 g/mol. The van der Waals surface area contributed by atoms with Crippen molar-refractivity contribution in [2.45, 2.75) is 46.0 Å². The highest BCUT2D eigenvalue weighted by atomic mass is 16.5. The Morgan fingerprint density at radius 2 is 2.33 bits per heavy atom. The van der Waals surface area contributed by atoms with Crippen LogP contribution in [-0.4, -0.2) is 19.7 Å². The molecular formula is C9H20BNO. The Bertz CT molecular complexity index is 130. The van der Waals surface area contributed by atoms with Gasteiger partial charge in [-0.2, -0.15) is 0 Å². The summed E-state index contributed by atoms with van der Waals surface area (Å²) < 4.78 is 5.62. The average Bonchev–Trinajstić information content (AvgIpc) is 2.48. The topological polar surface area (TPSA) is 21.3 Å². The Morgan fingerprint density at radius 3 is 2.83 bits per heavy atom. The zero-order valence-corrected chi connectivity index (χ0v) is 8.47. The van der Waals surface area contributed by atoms with Gasteiger partial charge >= 0.3 is 7.05 Å². The van der Waals surface area contributed by atoms with Crippen LogP contribution in [0.3, 0.4) is 0 Å². The zero-order chi connectivity index (χ0) is 8.97. The largest absolute Gasteiger partial charge is 0.420 e. The maximum atomic E-state index is 5.62. The van der Waals surface area contributed by atoms with Crippen LogP contribution < -0.4 is 5.23 Å². The third kappa shape index (κ3) is 2.79. The van der Waals surface area contributed by atoms with E-state index in [4.69, 9.17) is 4.65 Å². The smallest absolute Gasteiger partial charge is 0.379 e. The summed E-state index contributed by atoms with van der Waals surface area (Å²) in [5, 5.41) is 3.50. The van der Waals surface area contributed by atoms with Crippen molar-refractivity contribution in [1.82, 2.24) is 5.23 Å². The van der Waals surface area contributed by atoms with Crippen LogP contribution in [0.5, 0.6) is 0 Å². The molecule has 0 aromatic heterocycles. The standard InChI is InChI=1S/C9H20BNO/c1-4-5-6-10-11-9(7-12-10)8(2)3/h8-9,11H,4-7H2,1-3H3/t9-/m1/s1. The molecule has 0 radical (unpaired) electrons. The van der Waals surface area contributed by atoms with Gasteiger partial charge in [0.05, 0.1) is 0 Å². The predicted molar refractivity (Wildman–Crippen MR) is 53.2 cm³/mol. The lowest BCUT2D eigenvalue weighted by atomic mass is 9.77. The highest BCUT2D eigenvalue weighted by Crippen LogP contribution is 2.12. The molecule has 1 aliphatic rings. The second-order valence-corrected chi connectivity index (χ2v) is 3.98. The van der Waals surface area contributed by atoms with Crippen LogP contribution in [0.4, 0.5) is 0 Å². The first kappa shape index (κ1) is 10.1. The molecule has 0 aromatic carbocycles. The molecule has 0 aliphatic carbocycles. The van der Waals surface area contributed by atoms with Gasteiger partial charge in [0.2, 0.25) is 0 Å². The molecule has 1 aliphatic heterocycles. The third-order valence-electron chi connectivity index (χ3n) is 2.50. The Labute approximate surface area is 76.2 Å². The Hall–Kier alpha value is -0.0151. The molecule has 1 fully saturated rings. The van der Waals surface area contributed by atoms with E-state index in [2.05, 4.69) is 26.0 Å². The minimum absolute atomic E-state index is 0.331. The molecule has 3 heteroatoms. The summed E-state index contributed by atoms with van der Waals surface area (Å²) in [6.07, 6.45) is 3.69. The molecule has 1 saturated heterocycles. The van der Waals surface area contributed by atoms with Gasteiger partial charge in [-0.1, -0.05) is 33.6 Å². The molecule has 12 heavy (non-hydrogen) atoms. The second-order valence-electron chi connectivity index (χ2n) is 3.98. The molecule has 1 N–H and O–H groups in total. The van der Waals surface area contributed by atoms with Crippen molar-refractivity contribution in [2.24, 2.45) is 5.92 Å². The number of nitrogens with one attached hydrogen (secondary N) is 1. The molecule has 0 unspecified atom stereocenters. The second kappa shape index (κ2) is 4.88. The van der Waals surface area contributed by atoms with E-state index in [0.717, 1.165) is 6.61 Å². The predicted octanol–water partition coefficient (Wildman–Crippen LogP) is 1.92. The van der Waals surface area contributed by atoms with Gasteiger partial charge in [-0.15, -0.1) is 0 Å². The summed E-state index contributed by atoms with van der Waals surface area (Å²) in [5.74, 6) is 0.691. The van der Waals surface area contributed by atoms with Crippen LogP contribution in [0.15, 0.2) is 0 Å². The molecule has 70 valence electrons. The fourth-order valence-corrected chi connectivity index (χ4v) is 1.50. The summed E-state index contributed by atoms with van der Waals surface area (Å²) in [6.45, 7) is 7.59. The van der Waals surface area contributed by atoms with Crippen molar-refractivity contribution >= 4 is 7.05 Å². The van der Waals surface area contributed by atoms with Crippen LogP contribution in [0.2, 0.25) is 6.32 Å². The average molecular weight is 169 g/mol. The van der Waals surface area contributed by atoms with Gasteiger partial charge in [-0.05, 0) is 12.2 Å². The Morgan fingerprint density at radius 1 is 1.58 bits per heavy atom. The molecule has 1 heterocycles. The van der Waals surface area contributed by atoms with Crippen LogP contribution in [0.25, 0.3) is 0 Å². The normalized spacial score (nSPS) is 24.0. The number of hydrogen-bond acceptors (Lipinski definition) is 2. The first-order valence-electron chi connectivity index (χ1n) is 5.11. The summed E-state index contributed by atoms with van der Waals surface area (Å²) >= 11 is 0. The van der Waals surface area contributed by atoms with E-state index in [-0.39, 0.29) is 0 Å². The van der Waals surface area contributed by atoms with E-state index in [1.54, 1.807) is 0 Å². The quantitative estimate of drug-likeness (QED) is 0.649. The molecular weight excluding hydrogens is 149 g/mol. The number of hydrogen-bond donors (Lipinski definition) is 1. The molecule has 1 rings (SSSR count). The third-order valence-corrected chi connectivity index (χ3v) is 2.50. The van der Waals surface area contributed by atoms with Crippen molar-refractivity contribution in [1.29, 1.82) is 0 Å². The van der Waals surface area contributed by atoms with Crippen molar-refractivity contribution in [3.05, 3.63) is 0 Å². The Kier molecular flexibility index (Phi) is 4.09. The van der Waals surface area contributed by atoms with Crippen molar-refractivity contribution in [3.8, 4) is 0 Å². The van der Waals surface area contributed by atoms with Gasteiger partial charge < -0.3 is 9.88 Å². The highest BCUT2D eigenvalue weighted by molar-refractivity contribution is 6.49. The van der Waals surface area contributed by atoms with Gasteiger partial charge in [0.1, 0.15) is 0 Å². The summed E-state index contributed by atoms with van der Waals surface area (Å²) in [7, 11) is 0.331. The summed E-state index contributed by atoms with van der Waals surface area (Å²) in [6, 6.07) is 0.576. The van der Waals surface area contributed by atoms with Gasteiger partial charge in [0, 0.05) is 12.6 Å². The lowest BCUT2D eigenvalue weighted by Gasteiger charge is -2.13.